The Kier molecular flexibility index (Phi) is 39.1. The van der Waals surface area contributed by atoms with Crippen molar-refractivity contribution in [3.05, 3.63) is 113 Å². The highest BCUT2D eigenvalue weighted by Crippen LogP contribution is 2.20. The van der Waals surface area contributed by atoms with Gasteiger partial charge < -0.3 is 110 Å². The fraction of sp³-hybridized carbons (Fsp3) is 0.481. The number of aliphatic hydroxyl groups is 2. The molecule has 0 spiro atoms. The van der Waals surface area contributed by atoms with E-state index in [-0.39, 0.29) is 126 Å². The number of aromatic nitrogens is 1. The van der Waals surface area contributed by atoms with Crippen LogP contribution >= 0.6 is 0 Å². The molecule has 0 aliphatic carbocycles. The molecule has 0 unspecified atom stereocenters. The number of amides is 13. The van der Waals surface area contributed by atoms with E-state index in [0.29, 0.717) is 29.0 Å². The molecule has 2 aliphatic heterocycles. The van der Waals surface area contributed by atoms with Gasteiger partial charge in [0.15, 0.2) is 12.2 Å². The van der Waals surface area contributed by atoms with E-state index in [0.717, 1.165) is 6.21 Å². The van der Waals surface area contributed by atoms with Crippen molar-refractivity contribution >= 4 is 117 Å². The Morgan fingerprint density at radius 2 is 1.07 bits per heavy atom. The van der Waals surface area contributed by atoms with Crippen LogP contribution in [0.3, 0.4) is 0 Å². The number of pyridine rings is 1. The summed E-state index contributed by atoms with van der Waals surface area (Å²) in [5, 5.41) is 87.2. The van der Waals surface area contributed by atoms with Crippen molar-refractivity contribution in [2.75, 3.05) is 57.9 Å². The molecule has 44 heteroatoms. The number of carboxylic acids is 1. The first-order valence-corrected chi connectivity index (χ1v) is 40.4. The first-order valence-electron chi connectivity index (χ1n) is 38.9. The van der Waals surface area contributed by atoms with Gasteiger partial charge in [-0.05, 0) is 117 Å². The van der Waals surface area contributed by atoms with Crippen LogP contribution in [-0.2, 0) is 85.3 Å². The van der Waals surface area contributed by atoms with Crippen molar-refractivity contribution in [3.8, 4) is 11.5 Å². The number of hydrogen-bond donors (Lipinski definition) is 23. The quantitative estimate of drug-likeness (QED) is 0.00510. The number of carbonyl (C=O) groups excluding carboxylic acids is 13. The minimum Gasteiger partial charge on any atom is -0.494 e. The van der Waals surface area contributed by atoms with Crippen LogP contribution in [0, 0.1) is 22.7 Å². The van der Waals surface area contributed by atoms with E-state index in [1.165, 1.54) is 49.5 Å². The molecule has 24 N–H and O–H groups in total. The summed E-state index contributed by atoms with van der Waals surface area (Å²) in [6.07, 6.45) is -1.27. The number of nitrogens with two attached hydrogens (primary N) is 1. The monoisotopic (exact) mass is 1710 g/mol. The van der Waals surface area contributed by atoms with E-state index in [4.69, 9.17) is 26.0 Å². The first kappa shape index (κ1) is 96.9. The lowest BCUT2D eigenvalue weighted by Crippen LogP contribution is -2.59. The van der Waals surface area contributed by atoms with Crippen LogP contribution in [-0.4, -0.2) is 247 Å². The summed E-state index contributed by atoms with van der Waals surface area (Å²) in [6.45, 7) is 7.29. The number of carboxylic acid groups (broad SMARTS) is 1. The van der Waals surface area contributed by atoms with Crippen molar-refractivity contribution in [2.24, 2.45) is 22.7 Å². The summed E-state index contributed by atoms with van der Waals surface area (Å²) >= 11 is 0. The summed E-state index contributed by atoms with van der Waals surface area (Å²) in [5.74, 6) is -12.6. The van der Waals surface area contributed by atoms with E-state index in [1.807, 2.05) is 0 Å². The molecule has 121 heavy (non-hydrogen) atoms. The second kappa shape index (κ2) is 48.8. The minimum absolute atomic E-state index is 0.00197. The number of benzene rings is 3. The van der Waals surface area contributed by atoms with Gasteiger partial charge in [0.2, 0.25) is 70.9 Å². The summed E-state index contributed by atoms with van der Waals surface area (Å²) in [4.78, 5) is 193. The van der Waals surface area contributed by atoms with Gasteiger partial charge in [0.1, 0.15) is 76.6 Å². The Morgan fingerprint density at radius 1 is 0.587 bits per heavy atom. The molecule has 43 nitrogen and oxygen atoms in total. The number of rotatable bonds is 38. The summed E-state index contributed by atoms with van der Waals surface area (Å²) in [6, 6.07) is 8.34. The molecule has 0 radical (unpaired) electrons. The highest BCUT2D eigenvalue weighted by Gasteiger charge is 2.37. The van der Waals surface area contributed by atoms with Gasteiger partial charge >= 0.3 is 5.97 Å². The number of anilines is 1. The van der Waals surface area contributed by atoms with E-state index in [9.17, 15) is 95.4 Å². The maximum atomic E-state index is 14.2. The van der Waals surface area contributed by atoms with Crippen LogP contribution in [0.25, 0.3) is 0 Å². The van der Waals surface area contributed by atoms with E-state index < -0.39 is 196 Å². The maximum absolute atomic E-state index is 14.2. The summed E-state index contributed by atoms with van der Waals surface area (Å²) < 4.78 is 45.2. The SMILES string of the molecule is CC(=N)NCCC[C@@H]1NC(=O)[C@H](C(C)C)NC(=O)[C@@H](Cc2ccc(OCCCNC(=O)[C@H](CCC(=O)NCCCOc3ccc(C[C@H]4NC(=O)[C@H](CC(=O)O)NC(=O)CNC(=O)[C@H](CCCNC(=N)N)NC(=O)[C@H](C(C)C)NC4=O)cc3)NC(=O)c3ccc(N/N=C\c4ccccc4S(=O)(=O)O)nc3)cc2)NC(=O)[C@H](CC(O)O)NC(=O)CNC1=O. The lowest BCUT2D eigenvalue weighted by atomic mass is 9.99. The number of hydrazone groups is 1. The number of amidine groups is 1. The fourth-order valence-electron chi connectivity index (χ4n) is 12.1. The van der Waals surface area contributed by atoms with E-state index in [2.05, 4.69) is 95.3 Å². The number of nitrogens with zero attached hydrogens (tertiary/aromatic N) is 2. The molecule has 9 atom stereocenters. The fourth-order valence-corrected chi connectivity index (χ4v) is 12.7. The molecule has 658 valence electrons. The summed E-state index contributed by atoms with van der Waals surface area (Å²) in [7, 11) is -4.58. The van der Waals surface area contributed by atoms with Gasteiger partial charge in [0, 0.05) is 63.6 Å². The molecule has 3 aromatic carbocycles. The smallest absolute Gasteiger partial charge is 0.305 e. The predicted molar refractivity (Wildman–Crippen MR) is 435 cm³/mol. The topological polar surface area (TPSA) is 664 Å². The number of nitrogens with one attached hydrogen (secondary N) is 18. The molecule has 0 bridgehead atoms. The zero-order valence-corrected chi connectivity index (χ0v) is 68.1. The molecule has 13 amide bonds. The Labute approximate surface area is 696 Å². The Hall–Kier alpha value is -13.0. The number of aliphatic hydroxyl groups excluding tert-OH is 1. The van der Waals surface area contributed by atoms with Gasteiger partial charge in [-0.3, -0.25) is 87.9 Å². The van der Waals surface area contributed by atoms with Gasteiger partial charge in [0.05, 0.1) is 50.3 Å². The molecule has 2 saturated heterocycles. The third-order valence-corrected chi connectivity index (χ3v) is 19.4. The normalized spacial score (nSPS) is 19.6. The van der Waals surface area contributed by atoms with Crippen LogP contribution < -0.4 is 100 Å². The molecule has 4 aromatic rings. The molecule has 2 aliphatic rings. The van der Waals surface area contributed by atoms with E-state index >= 15 is 0 Å². The van der Waals surface area contributed by atoms with Gasteiger partial charge in [-0.2, -0.15) is 13.5 Å². The summed E-state index contributed by atoms with van der Waals surface area (Å²) in [5.41, 5.74) is 8.92. The van der Waals surface area contributed by atoms with Gasteiger partial charge in [-0.1, -0.05) is 70.2 Å². The number of carbonyl (C=O) groups is 14. The maximum Gasteiger partial charge on any atom is 0.305 e. The largest absolute Gasteiger partial charge is 0.494 e. The second-order valence-electron chi connectivity index (χ2n) is 29.0. The average Bonchev–Trinajstić information content (AvgIpc) is 0.921. The van der Waals surface area contributed by atoms with Crippen LogP contribution in [0.2, 0.25) is 0 Å². The molecule has 0 saturated carbocycles. The van der Waals surface area contributed by atoms with Gasteiger partial charge in [-0.25, -0.2) is 4.98 Å². The van der Waals surface area contributed by atoms with Crippen molar-refractivity contribution in [1.82, 2.24) is 84.7 Å². The molecule has 2 fully saturated rings. The lowest BCUT2D eigenvalue weighted by Gasteiger charge is -2.28. The van der Waals surface area contributed by atoms with Crippen molar-refractivity contribution in [3.63, 3.8) is 0 Å². The van der Waals surface area contributed by atoms with Crippen molar-refractivity contribution in [1.29, 1.82) is 10.8 Å². The average molecular weight is 1710 g/mol. The van der Waals surface area contributed by atoms with Crippen molar-refractivity contribution in [2.45, 2.75) is 177 Å². The first-order chi connectivity index (χ1) is 57.4. The molecule has 1 aromatic heterocycles. The zero-order valence-electron chi connectivity index (χ0n) is 67.3. The number of ether oxygens (including phenoxy) is 2. The van der Waals surface area contributed by atoms with Crippen LogP contribution in [0.4, 0.5) is 5.82 Å². The van der Waals surface area contributed by atoms with Gasteiger partial charge in [-0.15, -0.1) is 0 Å². The number of aliphatic carboxylic acids is 1. The van der Waals surface area contributed by atoms with E-state index in [1.54, 1.807) is 76.2 Å². The predicted octanol–water partition coefficient (Wildman–Crippen LogP) is -3.84. The second-order valence-corrected chi connectivity index (χ2v) is 30.4. The Morgan fingerprint density at radius 3 is 1.55 bits per heavy atom. The highest BCUT2D eigenvalue weighted by molar-refractivity contribution is 7.86. The Balaban J connectivity index is 1.08. The molecule has 6 rings (SSSR count). The number of hydrogen-bond acceptors (Lipinski definition) is 25. The third-order valence-electron chi connectivity index (χ3n) is 18.5. The molecular formula is C77H107N21O22S. The molecule has 3 heterocycles. The van der Waals surface area contributed by atoms with Crippen molar-refractivity contribution < 1.29 is 105 Å². The van der Waals surface area contributed by atoms with Gasteiger partial charge in [0.25, 0.3) is 16.0 Å². The van der Waals surface area contributed by atoms with Crippen LogP contribution in [0.1, 0.15) is 126 Å². The standard InChI is InChI=1S/C77H107N21O22S/c1-42(2)65-75(114)92-51(13-8-28-81-44(5)78)69(108)86-40-61(100)89-56(36-63(102)103)71(110)95-55(73(112)96-65)35-46-18-23-50(24-19-46)120-33-11-31-83-68(107)53(91-67(106)48-20-26-59(85-38-48)98-88-39-47-12-6-7-15-58(47)121(116,117)118)25-27-60(99)82-30-10-32-119-49-21-16-45(17-22-49)34-54-74(113)97-66(43(3)4)76(115)93-52(14-9-29-84-77(79)80)70(109)87-41-62(101)90-57(37-64(104)105)72(111)94-54/h6-7,12,15-24,26,38-39,42-43,51-57,63,65-66,102-103H,8-11,13-14,25,27-37,40-41H2,1-5H3,(H2,78,81)(H,82,99)(H,83,107)(H,85,98)(H,86,108)(H,87,109)(H,89,100)(H,90,101)(H,91,106)(H,92,114)(H,93,115)(H,94,111)(H,95,110)(H,96,112)(H,97,113)(H,104,105)(H4,79,80,84)(H,116,117,118)/b88-39-/t51-,52-,53-,54+,55+,56-,57-,65-,66-/m0/s1. The highest BCUT2D eigenvalue weighted by atomic mass is 32.2. The third kappa shape index (κ3) is 34.5. The number of guanidine groups is 1. The van der Waals surface area contributed by atoms with Crippen LogP contribution in [0.15, 0.2) is 101 Å². The molecular weight excluding hydrogens is 1600 g/mol. The zero-order chi connectivity index (χ0) is 88.9. The van der Waals surface area contributed by atoms with Crippen LogP contribution in [0.5, 0.6) is 11.5 Å². The lowest BCUT2D eigenvalue weighted by molar-refractivity contribution is -0.141. The minimum atomic E-state index is -4.58. The Bertz CT molecular complexity index is 4440.